The Kier molecular flexibility index (Phi) is 4.23. The van der Waals surface area contributed by atoms with Crippen LogP contribution in [0.15, 0.2) is 54.9 Å². The molecular weight excluding hydrogens is 242 g/mol. The number of amides is 2. The summed E-state index contributed by atoms with van der Waals surface area (Å²) in [5.74, 6) is -1.38. The lowest BCUT2D eigenvalue weighted by Crippen LogP contribution is -2.34. The molecule has 96 valence electrons. The summed E-state index contributed by atoms with van der Waals surface area (Å²) < 4.78 is 0. The highest BCUT2D eigenvalue weighted by Crippen LogP contribution is 2.02. The lowest BCUT2D eigenvalue weighted by molar-refractivity contribution is -0.136. The molecule has 0 spiro atoms. The van der Waals surface area contributed by atoms with Gasteiger partial charge in [0.15, 0.2) is 0 Å². The van der Waals surface area contributed by atoms with E-state index in [-0.39, 0.29) is 0 Å². The predicted molar refractivity (Wildman–Crippen MR) is 71.2 cm³/mol. The van der Waals surface area contributed by atoms with Gasteiger partial charge in [-0.25, -0.2) is 0 Å². The molecule has 2 N–H and O–H groups in total. The zero-order valence-corrected chi connectivity index (χ0v) is 10.2. The van der Waals surface area contributed by atoms with Gasteiger partial charge < -0.3 is 10.6 Å². The molecule has 0 aliphatic carbocycles. The topological polar surface area (TPSA) is 71.1 Å². The lowest BCUT2D eigenvalue weighted by atomic mass is 10.2. The summed E-state index contributed by atoms with van der Waals surface area (Å²) in [6.45, 7) is 0.320. The zero-order valence-electron chi connectivity index (χ0n) is 10.2. The first-order valence-electron chi connectivity index (χ1n) is 5.79. The number of anilines is 1. The van der Waals surface area contributed by atoms with Gasteiger partial charge in [0, 0.05) is 12.7 Å². The summed E-state index contributed by atoms with van der Waals surface area (Å²) in [7, 11) is 0. The van der Waals surface area contributed by atoms with E-state index >= 15 is 0 Å². The van der Waals surface area contributed by atoms with Gasteiger partial charge in [-0.1, -0.05) is 30.3 Å². The van der Waals surface area contributed by atoms with Gasteiger partial charge in [-0.3, -0.25) is 14.6 Å². The van der Waals surface area contributed by atoms with Crippen molar-refractivity contribution < 1.29 is 9.59 Å². The van der Waals surface area contributed by atoms with Gasteiger partial charge >= 0.3 is 11.8 Å². The summed E-state index contributed by atoms with van der Waals surface area (Å²) in [6.07, 6.45) is 3.06. The molecule has 1 aromatic heterocycles. The van der Waals surface area contributed by atoms with Crippen LogP contribution in [0.25, 0.3) is 0 Å². The highest BCUT2D eigenvalue weighted by atomic mass is 16.2. The molecule has 0 fully saturated rings. The van der Waals surface area contributed by atoms with Crippen LogP contribution in [-0.4, -0.2) is 16.8 Å². The summed E-state index contributed by atoms with van der Waals surface area (Å²) in [4.78, 5) is 27.0. The lowest BCUT2D eigenvalue weighted by Gasteiger charge is -2.06. The maximum atomic E-state index is 11.6. The minimum Gasteiger partial charge on any atom is -0.344 e. The first-order chi connectivity index (χ1) is 9.25. The van der Waals surface area contributed by atoms with Crippen molar-refractivity contribution >= 4 is 17.5 Å². The van der Waals surface area contributed by atoms with Crippen LogP contribution in [0.3, 0.4) is 0 Å². The van der Waals surface area contributed by atoms with E-state index in [0.29, 0.717) is 12.2 Å². The molecule has 2 aromatic rings. The van der Waals surface area contributed by atoms with Crippen molar-refractivity contribution in [2.45, 2.75) is 6.54 Å². The van der Waals surface area contributed by atoms with Crippen molar-refractivity contribution in [3.05, 3.63) is 60.4 Å². The zero-order chi connectivity index (χ0) is 13.5. The van der Waals surface area contributed by atoms with Crippen LogP contribution in [0.4, 0.5) is 5.69 Å². The van der Waals surface area contributed by atoms with Crippen LogP contribution in [-0.2, 0) is 16.1 Å². The summed E-state index contributed by atoms with van der Waals surface area (Å²) in [5, 5.41) is 5.01. The SMILES string of the molecule is O=C(NCc1ccccc1)C(=O)Nc1cccnc1. The Hall–Kier alpha value is -2.69. The molecule has 0 aliphatic rings. The Bertz CT molecular complexity index is 555. The second-order valence-electron chi connectivity index (χ2n) is 3.86. The van der Waals surface area contributed by atoms with E-state index in [1.807, 2.05) is 30.3 Å². The van der Waals surface area contributed by atoms with Gasteiger partial charge in [0.2, 0.25) is 0 Å². The summed E-state index contributed by atoms with van der Waals surface area (Å²) in [6, 6.07) is 12.7. The van der Waals surface area contributed by atoms with Gasteiger partial charge in [-0.05, 0) is 17.7 Å². The number of pyridine rings is 1. The van der Waals surface area contributed by atoms with Crippen molar-refractivity contribution in [1.82, 2.24) is 10.3 Å². The van der Waals surface area contributed by atoms with Crippen LogP contribution < -0.4 is 10.6 Å². The third kappa shape index (κ3) is 3.92. The van der Waals surface area contributed by atoms with Crippen molar-refractivity contribution in [3.63, 3.8) is 0 Å². The highest BCUT2D eigenvalue weighted by molar-refractivity contribution is 6.39. The van der Waals surface area contributed by atoms with Gasteiger partial charge in [0.05, 0.1) is 11.9 Å². The van der Waals surface area contributed by atoms with E-state index in [1.54, 1.807) is 18.3 Å². The monoisotopic (exact) mass is 255 g/mol. The predicted octanol–water partition coefficient (Wildman–Crippen LogP) is 1.34. The maximum Gasteiger partial charge on any atom is 0.313 e. The van der Waals surface area contributed by atoms with E-state index in [4.69, 9.17) is 0 Å². The minimum atomic E-state index is -0.705. The summed E-state index contributed by atoms with van der Waals surface area (Å²) in [5.41, 5.74) is 1.42. The van der Waals surface area contributed by atoms with Gasteiger partial charge in [0.25, 0.3) is 0 Å². The number of benzene rings is 1. The number of rotatable bonds is 3. The quantitative estimate of drug-likeness (QED) is 0.813. The Morgan fingerprint density at radius 1 is 1.00 bits per heavy atom. The molecule has 0 unspecified atom stereocenters. The van der Waals surface area contributed by atoms with Crippen molar-refractivity contribution in [2.75, 3.05) is 5.32 Å². The van der Waals surface area contributed by atoms with Crippen LogP contribution in [0.2, 0.25) is 0 Å². The number of hydrogen-bond donors (Lipinski definition) is 2. The Morgan fingerprint density at radius 2 is 1.79 bits per heavy atom. The standard InChI is InChI=1S/C14H13N3O2/c18-13(16-9-11-5-2-1-3-6-11)14(19)17-12-7-4-8-15-10-12/h1-8,10H,9H2,(H,16,18)(H,17,19). The van der Waals surface area contributed by atoms with E-state index in [1.165, 1.54) is 6.20 Å². The molecular formula is C14H13N3O2. The molecule has 1 aromatic carbocycles. The fourth-order valence-electron chi connectivity index (χ4n) is 1.48. The molecule has 0 atom stereocenters. The first-order valence-corrected chi connectivity index (χ1v) is 5.79. The summed E-state index contributed by atoms with van der Waals surface area (Å²) >= 11 is 0. The average Bonchev–Trinajstić information content (AvgIpc) is 2.47. The van der Waals surface area contributed by atoms with Crippen LogP contribution >= 0.6 is 0 Å². The Morgan fingerprint density at radius 3 is 2.47 bits per heavy atom. The van der Waals surface area contributed by atoms with Crippen molar-refractivity contribution in [1.29, 1.82) is 0 Å². The molecule has 19 heavy (non-hydrogen) atoms. The third-order valence-corrected chi connectivity index (χ3v) is 2.42. The number of aromatic nitrogens is 1. The molecule has 0 bridgehead atoms. The van der Waals surface area contributed by atoms with Gasteiger partial charge in [-0.2, -0.15) is 0 Å². The molecule has 0 radical (unpaired) electrons. The molecule has 0 aliphatic heterocycles. The van der Waals surface area contributed by atoms with E-state index in [0.717, 1.165) is 5.56 Å². The van der Waals surface area contributed by atoms with Gasteiger partial charge in [0.1, 0.15) is 0 Å². The first kappa shape index (κ1) is 12.8. The van der Waals surface area contributed by atoms with Crippen LogP contribution in [0, 0.1) is 0 Å². The van der Waals surface area contributed by atoms with E-state index in [2.05, 4.69) is 15.6 Å². The molecule has 0 saturated carbocycles. The Labute approximate surface area is 110 Å². The normalized spacial score (nSPS) is 9.68. The molecule has 0 saturated heterocycles. The van der Waals surface area contributed by atoms with Gasteiger partial charge in [-0.15, -0.1) is 0 Å². The molecule has 1 heterocycles. The molecule has 2 rings (SSSR count). The van der Waals surface area contributed by atoms with E-state index < -0.39 is 11.8 Å². The van der Waals surface area contributed by atoms with Crippen LogP contribution in [0.1, 0.15) is 5.56 Å². The smallest absolute Gasteiger partial charge is 0.313 e. The minimum absolute atomic E-state index is 0.320. The fraction of sp³-hybridized carbons (Fsp3) is 0.0714. The molecule has 5 heteroatoms. The van der Waals surface area contributed by atoms with Crippen molar-refractivity contribution in [2.24, 2.45) is 0 Å². The number of carbonyl (C=O) groups excluding carboxylic acids is 2. The second kappa shape index (κ2) is 6.30. The maximum absolute atomic E-state index is 11.6. The molecule has 2 amide bonds. The highest BCUT2D eigenvalue weighted by Gasteiger charge is 2.12. The number of carbonyl (C=O) groups is 2. The number of nitrogens with zero attached hydrogens (tertiary/aromatic N) is 1. The third-order valence-electron chi connectivity index (χ3n) is 2.42. The van der Waals surface area contributed by atoms with Crippen molar-refractivity contribution in [3.8, 4) is 0 Å². The number of hydrogen-bond acceptors (Lipinski definition) is 3. The molecule has 5 nitrogen and oxygen atoms in total. The Balaban J connectivity index is 1.85. The number of nitrogens with one attached hydrogen (secondary N) is 2. The average molecular weight is 255 g/mol. The second-order valence-corrected chi connectivity index (χ2v) is 3.86. The fourth-order valence-corrected chi connectivity index (χ4v) is 1.48. The van der Waals surface area contributed by atoms with Crippen LogP contribution in [0.5, 0.6) is 0 Å². The van der Waals surface area contributed by atoms with E-state index in [9.17, 15) is 9.59 Å². The largest absolute Gasteiger partial charge is 0.344 e.